The lowest BCUT2D eigenvalue weighted by atomic mass is 10.1. The highest BCUT2D eigenvalue weighted by molar-refractivity contribution is 7.85. The maximum atomic E-state index is 13.3. The Morgan fingerprint density at radius 2 is 1.95 bits per heavy atom. The third-order valence-electron chi connectivity index (χ3n) is 6.70. The van der Waals surface area contributed by atoms with Gasteiger partial charge in [-0.3, -0.25) is 9.00 Å². The van der Waals surface area contributed by atoms with Gasteiger partial charge in [0.2, 0.25) is 11.8 Å². The zero-order chi connectivity index (χ0) is 25.7. The number of fused-ring (bicyclic) bond motifs is 2. The number of rotatable bonds is 5. The average Bonchev–Trinajstić information content (AvgIpc) is 3.47. The van der Waals surface area contributed by atoms with E-state index in [9.17, 15) is 13.4 Å². The van der Waals surface area contributed by atoms with Crippen molar-refractivity contribution in [1.82, 2.24) is 19.9 Å². The summed E-state index contributed by atoms with van der Waals surface area (Å²) < 4.78 is 32.0. The Balaban J connectivity index is 1.29. The molecule has 0 saturated heterocycles. The topological polar surface area (TPSA) is 117 Å². The van der Waals surface area contributed by atoms with Gasteiger partial charge in [-0.15, -0.1) is 0 Å². The van der Waals surface area contributed by atoms with E-state index in [2.05, 4.69) is 15.3 Å². The summed E-state index contributed by atoms with van der Waals surface area (Å²) >= 11 is 0. The molecule has 0 radical (unpaired) electrons. The quantitative estimate of drug-likeness (QED) is 0.411. The normalized spacial score (nSPS) is 16.5. The summed E-state index contributed by atoms with van der Waals surface area (Å²) in [5.41, 5.74) is 4.41. The number of aromatic amines is 1. The van der Waals surface area contributed by atoms with Gasteiger partial charge in [0.25, 0.3) is 5.56 Å². The molecule has 0 aliphatic carbocycles. The van der Waals surface area contributed by atoms with E-state index in [0.29, 0.717) is 65.4 Å². The number of pyridine rings is 1. The largest absolute Gasteiger partial charge is 0.441 e. The van der Waals surface area contributed by atoms with E-state index in [1.54, 1.807) is 12.1 Å². The smallest absolute Gasteiger partial charge is 0.253 e. The van der Waals surface area contributed by atoms with Crippen molar-refractivity contribution in [1.29, 1.82) is 0 Å². The van der Waals surface area contributed by atoms with Gasteiger partial charge < -0.3 is 19.6 Å². The first-order chi connectivity index (χ1) is 17.9. The van der Waals surface area contributed by atoms with Crippen LogP contribution in [0.1, 0.15) is 34.0 Å². The second-order valence-corrected chi connectivity index (χ2v) is 10.8. The second-order valence-electron chi connectivity index (χ2n) is 9.31. The van der Waals surface area contributed by atoms with Crippen LogP contribution in [0, 0.1) is 19.7 Å². The first-order valence-corrected chi connectivity index (χ1v) is 13.4. The molecule has 0 saturated carbocycles. The molecule has 11 heteroatoms. The summed E-state index contributed by atoms with van der Waals surface area (Å²) in [6, 6.07) is 7.98. The van der Waals surface area contributed by atoms with Gasteiger partial charge in [-0.1, -0.05) is 0 Å². The van der Waals surface area contributed by atoms with Crippen LogP contribution in [0.3, 0.4) is 0 Å². The molecule has 2 N–H and O–H groups in total. The average molecular weight is 521 g/mol. The zero-order valence-corrected chi connectivity index (χ0v) is 21.2. The molecule has 9 nitrogen and oxygen atoms in total. The predicted molar refractivity (Wildman–Crippen MR) is 138 cm³/mol. The molecule has 3 aromatic heterocycles. The molecule has 37 heavy (non-hydrogen) atoms. The Morgan fingerprint density at radius 1 is 1.14 bits per heavy atom. The van der Waals surface area contributed by atoms with Gasteiger partial charge in [-0.05, 0) is 49.7 Å². The lowest BCUT2D eigenvalue weighted by molar-refractivity contribution is 0.497. The molecule has 0 amide bonds. The lowest BCUT2D eigenvalue weighted by Crippen LogP contribution is -2.32. The Labute approximate surface area is 214 Å². The minimum Gasteiger partial charge on any atom is -0.441 e. The molecule has 0 unspecified atom stereocenters. The van der Waals surface area contributed by atoms with Crippen LogP contribution in [0.4, 0.5) is 16.2 Å². The van der Waals surface area contributed by atoms with Crippen molar-refractivity contribution in [3.8, 4) is 11.5 Å². The van der Waals surface area contributed by atoms with E-state index in [1.807, 2.05) is 24.8 Å². The van der Waals surface area contributed by atoms with E-state index in [0.717, 1.165) is 28.4 Å². The summed E-state index contributed by atoms with van der Waals surface area (Å²) in [5.74, 6) is 2.46. The Morgan fingerprint density at radius 3 is 2.73 bits per heavy atom. The molecular formula is C26H25FN6O3S. The van der Waals surface area contributed by atoms with Crippen molar-refractivity contribution >= 4 is 22.6 Å². The Kier molecular flexibility index (Phi) is 5.86. The van der Waals surface area contributed by atoms with Crippen LogP contribution in [-0.4, -0.2) is 36.4 Å². The molecule has 1 atom stereocenters. The highest BCUT2D eigenvalue weighted by Gasteiger charge is 2.30. The van der Waals surface area contributed by atoms with Crippen molar-refractivity contribution in [3.63, 3.8) is 0 Å². The van der Waals surface area contributed by atoms with Crippen LogP contribution in [0.25, 0.3) is 11.5 Å². The third-order valence-corrected chi connectivity index (χ3v) is 8.16. The molecular weight excluding hydrogens is 495 g/mol. The van der Waals surface area contributed by atoms with Crippen molar-refractivity contribution in [2.45, 2.75) is 44.7 Å². The van der Waals surface area contributed by atoms with Gasteiger partial charge >= 0.3 is 0 Å². The minimum absolute atomic E-state index is 0.149. The maximum absolute atomic E-state index is 13.3. The number of nitrogens with one attached hydrogen (secondary N) is 2. The number of oxazole rings is 1. The first-order valence-electron chi connectivity index (χ1n) is 12.1. The van der Waals surface area contributed by atoms with Crippen LogP contribution >= 0.6 is 0 Å². The number of H-pyrrole nitrogens is 1. The van der Waals surface area contributed by atoms with Crippen molar-refractivity contribution in [2.75, 3.05) is 22.5 Å². The van der Waals surface area contributed by atoms with E-state index in [1.165, 1.54) is 12.1 Å². The Hall–Kier alpha value is -3.86. The molecule has 190 valence electrons. The van der Waals surface area contributed by atoms with Crippen LogP contribution in [0.15, 0.2) is 44.4 Å². The summed E-state index contributed by atoms with van der Waals surface area (Å²) in [6.07, 6.45) is 1.23. The number of hydrogen-bond acceptors (Lipinski definition) is 8. The lowest BCUT2D eigenvalue weighted by Gasteiger charge is -2.26. The molecule has 1 aromatic carbocycles. The number of aromatic nitrogens is 4. The van der Waals surface area contributed by atoms with Crippen LogP contribution in [0.5, 0.6) is 0 Å². The van der Waals surface area contributed by atoms with Crippen molar-refractivity contribution < 1.29 is 13.0 Å². The second kappa shape index (κ2) is 9.22. The van der Waals surface area contributed by atoms with Gasteiger partial charge in [0.15, 0.2) is 0 Å². The molecule has 0 fully saturated rings. The highest BCUT2D eigenvalue weighted by atomic mass is 32.2. The van der Waals surface area contributed by atoms with E-state index in [-0.39, 0.29) is 17.9 Å². The van der Waals surface area contributed by atoms with Gasteiger partial charge in [-0.2, -0.15) is 4.98 Å². The van der Waals surface area contributed by atoms with Crippen molar-refractivity contribution in [3.05, 3.63) is 80.5 Å². The minimum atomic E-state index is -1.20. The molecule has 2 aliphatic heterocycles. The van der Waals surface area contributed by atoms with Gasteiger partial charge in [0.05, 0.1) is 23.0 Å². The molecule has 2 aliphatic rings. The Bertz CT molecular complexity index is 1600. The highest BCUT2D eigenvalue weighted by Crippen LogP contribution is 2.32. The number of halogens is 1. The van der Waals surface area contributed by atoms with Crippen LogP contribution in [-0.2, 0) is 36.7 Å². The summed E-state index contributed by atoms with van der Waals surface area (Å²) in [6.45, 7) is 5.09. The third kappa shape index (κ3) is 4.43. The maximum Gasteiger partial charge on any atom is 0.253 e. The summed E-state index contributed by atoms with van der Waals surface area (Å²) in [4.78, 5) is 32.1. The standard InChI is InChI=1S/C26H25FN6O3S/c1-14-11-15(2)29-24(34)18(14)12-28-23-22-19(8-10-37(22)35)31-26(32-23)33-9-7-21-20(13-33)30-25(36-21)16-3-5-17(27)6-4-16/h3-6,11H,7-10,12-13H2,1-2H3,(H,29,34)(H,28,31,32)/t37-/m1/s1. The number of benzene rings is 1. The molecule has 4 aromatic rings. The monoisotopic (exact) mass is 520 g/mol. The van der Waals surface area contributed by atoms with Crippen molar-refractivity contribution in [2.24, 2.45) is 0 Å². The zero-order valence-electron chi connectivity index (χ0n) is 20.4. The van der Waals surface area contributed by atoms with Crippen LogP contribution in [0.2, 0.25) is 0 Å². The summed E-state index contributed by atoms with van der Waals surface area (Å²) in [5, 5.41) is 3.27. The number of aryl methyl sites for hydroxylation is 3. The van der Waals surface area contributed by atoms with E-state index < -0.39 is 10.8 Å². The predicted octanol–water partition coefficient (Wildman–Crippen LogP) is 3.41. The molecule has 6 rings (SSSR count). The number of nitrogens with zero attached hydrogens (tertiary/aromatic N) is 4. The fraction of sp³-hybridized carbons (Fsp3) is 0.308. The van der Waals surface area contributed by atoms with E-state index in [4.69, 9.17) is 14.4 Å². The first kappa shape index (κ1) is 23.5. The van der Waals surface area contributed by atoms with Crippen LogP contribution < -0.4 is 15.8 Å². The summed E-state index contributed by atoms with van der Waals surface area (Å²) in [7, 11) is -1.20. The van der Waals surface area contributed by atoms with E-state index >= 15 is 0 Å². The number of hydrogen-bond donors (Lipinski definition) is 2. The molecule has 0 bridgehead atoms. The van der Waals surface area contributed by atoms with Gasteiger partial charge in [-0.25, -0.2) is 14.4 Å². The molecule has 5 heterocycles. The SMILES string of the molecule is Cc1cc(C)c(CNc2nc(N3CCc4oc(-c5ccc(F)cc5)nc4C3)nc3c2[S@](=O)CC3)c(=O)[nH]1. The number of anilines is 2. The molecule has 0 spiro atoms. The fourth-order valence-corrected chi connectivity index (χ4v) is 6.13. The van der Waals surface area contributed by atoms with Gasteiger partial charge in [0, 0.05) is 48.5 Å². The van der Waals surface area contributed by atoms with Gasteiger partial charge in [0.1, 0.15) is 28.0 Å². The fourth-order valence-electron chi connectivity index (χ4n) is 4.80.